The summed E-state index contributed by atoms with van der Waals surface area (Å²) in [6, 6.07) is 11.7. The molecule has 1 aromatic heterocycles. The van der Waals surface area contributed by atoms with Crippen LogP contribution in [-0.2, 0) is 0 Å². The van der Waals surface area contributed by atoms with Gasteiger partial charge in [0.1, 0.15) is 0 Å². The third-order valence-electron chi connectivity index (χ3n) is 4.62. The maximum Gasteiger partial charge on any atom is 0.253 e. The lowest BCUT2D eigenvalue weighted by Crippen LogP contribution is -2.50. The predicted molar refractivity (Wildman–Crippen MR) is 94.4 cm³/mol. The van der Waals surface area contributed by atoms with Crippen molar-refractivity contribution in [1.82, 2.24) is 14.4 Å². The first-order valence-corrected chi connectivity index (χ1v) is 8.60. The van der Waals surface area contributed by atoms with Gasteiger partial charge >= 0.3 is 0 Å². The summed E-state index contributed by atoms with van der Waals surface area (Å²) in [5, 5.41) is 9.74. The number of aliphatic hydroxyl groups excluding tert-OH is 1. The Kier molecular flexibility index (Phi) is 5.33. The number of rotatable bonds is 5. The van der Waals surface area contributed by atoms with E-state index < -0.39 is 0 Å². The number of hydrogen-bond donors (Lipinski definition) is 1. The quantitative estimate of drug-likeness (QED) is 0.914. The molecule has 24 heavy (non-hydrogen) atoms. The van der Waals surface area contributed by atoms with Gasteiger partial charge in [0.25, 0.3) is 5.91 Å². The highest BCUT2D eigenvalue weighted by molar-refractivity contribution is 5.94. The molecule has 1 aliphatic rings. The van der Waals surface area contributed by atoms with Crippen molar-refractivity contribution in [3.05, 3.63) is 54.4 Å². The number of β-amino-alcohol motifs (C(OH)–C–C–N with tert-alkyl or cyclic N) is 1. The van der Waals surface area contributed by atoms with Crippen LogP contribution in [0.1, 0.15) is 23.7 Å². The molecule has 1 atom stereocenters. The van der Waals surface area contributed by atoms with Gasteiger partial charge in [-0.2, -0.15) is 0 Å². The van der Waals surface area contributed by atoms with Gasteiger partial charge < -0.3 is 14.6 Å². The van der Waals surface area contributed by atoms with Gasteiger partial charge in [0.15, 0.2) is 0 Å². The number of piperazine rings is 1. The molecule has 1 N–H and O–H groups in total. The van der Waals surface area contributed by atoms with Crippen molar-refractivity contribution in [1.29, 1.82) is 0 Å². The summed E-state index contributed by atoms with van der Waals surface area (Å²) in [4.78, 5) is 16.8. The van der Waals surface area contributed by atoms with Gasteiger partial charge in [-0.15, -0.1) is 0 Å². The fraction of sp³-hybridized carbons (Fsp3) is 0.421. The van der Waals surface area contributed by atoms with E-state index in [2.05, 4.69) is 4.90 Å². The minimum Gasteiger partial charge on any atom is -0.392 e. The molecule has 0 saturated carbocycles. The summed E-state index contributed by atoms with van der Waals surface area (Å²) in [6.45, 7) is 5.77. The normalized spacial score (nSPS) is 17.0. The molecule has 3 rings (SSSR count). The lowest BCUT2D eigenvalue weighted by atomic mass is 10.1. The molecule has 1 unspecified atom stereocenters. The fourth-order valence-corrected chi connectivity index (χ4v) is 3.03. The highest BCUT2D eigenvalue weighted by atomic mass is 16.3. The Labute approximate surface area is 143 Å². The zero-order valence-electron chi connectivity index (χ0n) is 14.1. The number of carbonyl (C=O) groups excluding carboxylic acids is 1. The number of aromatic nitrogens is 1. The maximum absolute atomic E-state index is 12.6. The second kappa shape index (κ2) is 7.64. The van der Waals surface area contributed by atoms with E-state index in [1.54, 1.807) is 0 Å². The third-order valence-corrected chi connectivity index (χ3v) is 4.62. The van der Waals surface area contributed by atoms with Crippen LogP contribution in [0, 0.1) is 0 Å². The van der Waals surface area contributed by atoms with Crippen molar-refractivity contribution in [2.75, 3.05) is 32.7 Å². The molecular weight excluding hydrogens is 302 g/mol. The Balaban J connectivity index is 1.57. The van der Waals surface area contributed by atoms with Crippen LogP contribution in [0.15, 0.2) is 48.8 Å². The summed E-state index contributed by atoms with van der Waals surface area (Å²) in [5.41, 5.74) is 1.78. The monoisotopic (exact) mass is 327 g/mol. The van der Waals surface area contributed by atoms with Crippen molar-refractivity contribution < 1.29 is 9.90 Å². The molecule has 5 nitrogen and oxygen atoms in total. The summed E-state index contributed by atoms with van der Waals surface area (Å²) in [7, 11) is 0. The third kappa shape index (κ3) is 3.86. The van der Waals surface area contributed by atoms with Gasteiger partial charge in [-0.1, -0.05) is 6.92 Å². The Morgan fingerprint density at radius 3 is 2.29 bits per heavy atom. The van der Waals surface area contributed by atoms with Gasteiger partial charge in [0.2, 0.25) is 0 Å². The first-order valence-electron chi connectivity index (χ1n) is 8.60. The topological polar surface area (TPSA) is 48.7 Å². The number of aliphatic hydroxyl groups is 1. The molecule has 1 saturated heterocycles. The molecule has 0 radical (unpaired) electrons. The van der Waals surface area contributed by atoms with Crippen molar-refractivity contribution >= 4 is 5.91 Å². The lowest BCUT2D eigenvalue weighted by molar-refractivity contribution is 0.0524. The highest BCUT2D eigenvalue weighted by Gasteiger charge is 2.23. The summed E-state index contributed by atoms with van der Waals surface area (Å²) < 4.78 is 2.02. The van der Waals surface area contributed by atoms with E-state index in [-0.39, 0.29) is 12.0 Å². The second-order valence-corrected chi connectivity index (χ2v) is 6.29. The van der Waals surface area contributed by atoms with Crippen LogP contribution < -0.4 is 0 Å². The van der Waals surface area contributed by atoms with Gasteiger partial charge in [-0.3, -0.25) is 9.69 Å². The van der Waals surface area contributed by atoms with Crippen LogP contribution in [0.25, 0.3) is 5.69 Å². The van der Waals surface area contributed by atoms with E-state index in [4.69, 9.17) is 0 Å². The second-order valence-electron chi connectivity index (χ2n) is 6.29. The van der Waals surface area contributed by atoms with Gasteiger partial charge in [-0.05, 0) is 42.8 Å². The average Bonchev–Trinajstić information content (AvgIpc) is 3.16. The largest absolute Gasteiger partial charge is 0.392 e. The minimum atomic E-state index is -0.270. The molecule has 2 aromatic rings. The van der Waals surface area contributed by atoms with Crippen molar-refractivity contribution in [3.63, 3.8) is 0 Å². The van der Waals surface area contributed by atoms with Crippen molar-refractivity contribution in [3.8, 4) is 5.69 Å². The smallest absolute Gasteiger partial charge is 0.253 e. The van der Waals surface area contributed by atoms with Crippen LogP contribution in [-0.4, -0.2) is 64.2 Å². The molecule has 0 bridgehead atoms. The number of benzene rings is 1. The van der Waals surface area contributed by atoms with Gasteiger partial charge in [0.05, 0.1) is 6.10 Å². The van der Waals surface area contributed by atoms with Gasteiger partial charge in [-0.25, -0.2) is 0 Å². The van der Waals surface area contributed by atoms with Crippen molar-refractivity contribution in [2.24, 2.45) is 0 Å². The van der Waals surface area contributed by atoms with Crippen LogP contribution in [0.5, 0.6) is 0 Å². The molecule has 1 fully saturated rings. The summed E-state index contributed by atoms with van der Waals surface area (Å²) in [6.07, 6.45) is 4.47. The zero-order valence-corrected chi connectivity index (χ0v) is 14.1. The molecule has 0 aliphatic carbocycles. The van der Waals surface area contributed by atoms with Crippen LogP contribution in [0.3, 0.4) is 0 Å². The lowest BCUT2D eigenvalue weighted by Gasteiger charge is -2.35. The Morgan fingerprint density at radius 2 is 1.71 bits per heavy atom. The van der Waals surface area contributed by atoms with E-state index in [1.165, 1.54) is 0 Å². The van der Waals surface area contributed by atoms with E-state index in [0.29, 0.717) is 19.6 Å². The van der Waals surface area contributed by atoms with E-state index in [1.807, 2.05) is 65.2 Å². The van der Waals surface area contributed by atoms with E-state index in [0.717, 1.165) is 30.8 Å². The fourth-order valence-electron chi connectivity index (χ4n) is 3.03. The molecule has 5 heteroatoms. The van der Waals surface area contributed by atoms with Gasteiger partial charge in [0, 0.05) is 56.4 Å². The standard InChI is InChI=1S/C19H25N3O2/c1-2-18(23)15-20-11-13-22(14-12-20)19(24)16-5-7-17(8-6-16)21-9-3-4-10-21/h3-10,18,23H,2,11-15H2,1H3. The molecule has 2 heterocycles. The number of hydrogen-bond acceptors (Lipinski definition) is 3. The van der Waals surface area contributed by atoms with E-state index in [9.17, 15) is 9.90 Å². The molecule has 1 amide bonds. The average molecular weight is 327 g/mol. The van der Waals surface area contributed by atoms with Crippen LogP contribution >= 0.6 is 0 Å². The molecule has 0 spiro atoms. The molecular formula is C19H25N3O2. The van der Waals surface area contributed by atoms with Crippen molar-refractivity contribution in [2.45, 2.75) is 19.4 Å². The molecule has 1 aliphatic heterocycles. The maximum atomic E-state index is 12.6. The number of nitrogens with zero attached hydrogens (tertiary/aromatic N) is 3. The zero-order chi connectivity index (χ0) is 16.9. The van der Waals surface area contributed by atoms with Crippen LogP contribution in [0.2, 0.25) is 0 Å². The van der Waals surface area contributed by atoms with E-state index >= 15 is 0 Å². The highest BCUT2D eigenvalue weighted by Crippen LogP contribution is 2.13. The molecule has 128 valence electrons. The first-order chi connectivity index (χ1) is 11.7. The Morgan fingerprint density at radius 1 is 1.08 bits per heavy atom. The van der Waals surface area contributed by atoms with Crippen LogP contribution in [0.4, 0.5) is 0 Å². The Hall–Kier alpha value is -2.11. The predicted octanol–water partition coefficient (Wildman–Crippen LogP) is 2.01. The number of carbonyl (C=O) groups is 1. The Bertz CT molecular complexity index is 644. The molecule has 1 aromatic carbocycles. The summed E-state index contributed by atoms with van der Waals surface area (Å²) >= 11 is 0. The number of amides is 1. The first kappa shape index (κ1) is 16.7. The minimum absolute atomic E-state index is 0.0877. The summed E-state index contributed by atoms with van der Waals surface area (Å²) in [5.74, 6) is 0.0877. The SMILES string of the molecule is CCC(O)CN1CCN(C(=O)c2ccc(-n3cccc3)cc2)CC1.